The first-order chi connectivity index (χ1) is 9.61. The molecule has 1 saturated heterocycles. The Morgan fingerprint density at radius 1 is 1.35 bits per heavy atom. The topological polar surface area (TPSA) is 41.6 Å². The van der Waals surface area contributed by atoms with Gasteiger partial charge in [0, 0.05) is 5.02 Å². The summed E-state index contributed by atoms with van der Waals surface area (Å²) in [5, 5.41) is 3.48. The van der Waals surface area contributed by atoms with Crippen molar-refractivity contribution in [2.24, 2.45) is 0 Å². The van der Waals surface area contributed by atoms with E-state index < -0.39 is 0 Å². The number of ether oxygens (including phenoxy) is 1. The SMILES string of the molecule is COc1ccc(Cl)cc1NC(=O)[C@@H](C)N1CCCCC1. The lowest BCUT2D eigenvalue weighted by atomic mass is 10.1. The molecule has 0 saturated carbocycles. The van der Waals surface area contributed by atoms with E-state index in [4.69, 9.17) is 16.3 Å². The van der Waals surface area contributed by atoms with Crippen LogP contribution in [0.4, 0.5) is 5.69 Å². The zero-order chi connectivity index (χ0) is 14.5. The van der Waals surface area contributed by atoms with Crippen molar-refractivity contribution in [3.63, 3.8) is 0 Å². The van der Waals surface area contributed by atoms with Gasteiger partial charge in [-0.3, -0.25) is 9.69 Å². The summed E-state index contributed by atoms with van der Waals surface area (Å²) >= 11 is 5.97. The Hall–Kier alpha value is -1.26. The fraction of sp³-hybridized carbons (Fsp3) is 0.533. The summed E-state index contributed by atoms with van der Waals surface area (Å²) in [6, 6.07) is 5.06. The third kappa shape index (κ3) is 3.64. The van der Waals surface area contributed by atoms with E-state index in [1.165, 1.54) is 6.42 Å². The maximum atomic E-state index is 12.3. The fourth-order valence-electron chi connectivity index (χ4n) is 2.49. The number of piperidine rings is 1. The summed E-state index contributed by atoms with van der Waals surface area (Å²) in [6.45, 7) is 3.92. The molecular weight excluding hydrogens is 276 g/mol. The summed E-state index contributed by atoms with van der Waals surface area (Å²) in [5.41, 5.74) is 0.619. The Labute approximate surface area is 125 Å². The standard InChI is InChI=1S/C15H21ClN2O2/c1-11(18-8-4-3-5-9-18)15(19)17-13-10-12(16)6-7-14(13)20-2/h6-7,10-11H,3-5,8-9H2,1-2H3,(H,17,19)/t11-/m1/s1. The predicted molar refractivity (Wildman–Crippen MR) is 81.5 cm³/mol. The van der Waals surface area contributed by atoms with E-state index in [1.807, 2.05) is 6.92 Å². The van der Waals surface area contributed by atoms with Crippen LogP contribution in [0, 0.1) is 0 Å². The fourth-order valence-corrected chi connectivity index (χ4v) is 2.66. The largest absolute Gasteiger partial charge is 0.495 e. The van der Waals surface area contributed by atoms with Crippen molar-refractivity contribution in [2.75, 3.05) is 25.5 Å². The molecule has 0 unspecified atom stereocenters. The second kappa shape index (κ2) is 6.95. The first-order valence-corrected chi connectivity index (χ1v) is 7.38. The lowest BCUT2D eigenvalue weighted by molar-refractivity contribution is -0.121. The molecule has 1 N–H and O–H groups in total. The lowest BCUT2D eigenvalue weighted by Gasteiger charge is -2.31. The molecular formula is C15H21ClN2O2. The molecule has 1 fully saturated rings. The molecule has 0 radical (unpaired) electrons. The first-order valence-electron chi connectivity index (χ1n) is 7.00. The molecule has 0 spiro atoms. The van der Waals surface area contributed by atoms with E-state index in [0.717, 1.165) is 25.9 Å². The highest BCUT2D eigenvalue weighted by Crippen LogP contribution is 2.28. The normalized spacial score (nSPS) is 17.6. The van der Waals surface area contributed by atoms with Crippen LogP contribution in [0.25, 0.3) is 0 Å². The van der Waals surface area contributed by atoms with Crippen LogP contribution in [0.5, 0.6) is 5.75 Å². The van der Waals surface area contributed by atoms with Gasteiger partial charge in [0.25, 0.3) is 0 Å². The number of anilines is 1. The Morgan fingerprint density at radius 3 is 2.70 bits per heavy atom. The predicted octanol–water partition coefficient (Wildman–Crippen LogP) is 3.16. The maximum Gasteiger partial charge on any atom is 0.241 e. The van der Waals surface area contributed by atoms with Crippen molar-refractivity contribution in [1.82, 2.24) is 4.90 Å². The van der Waals surface area contributed by atoms with Crippen molar-refractivity contribution >= 4 is 23.2 Å². The van der Waals surface area contributed by atoms with E-state index in [1.54, 1.807) is 25.3 Å². The minimum Gasteiger partial charge on any atom is -0.495 e. The van der Waals surface area contributed by atoms with Crippen molar-refractivity contribution in [3.05, 3.63) is 23.2 Å². The second-order valence-electron chi connectivity index (χ2n) is 5.11. The van der Waals surface area contributed by atoms with Gasteiger partial charge >= 0.3 is 0 Å². The molecule has 0 aliphatic carbocycles. The van der Waals surface area contributed by atoms with Crippen LogP contribution in [0.15, 0.2) is 18.2 Å². The van der Waals surface area contributed by atoms with Crippen molar-refractivity contribution in [2.45, 2.75) is 32.2 Å². The van der Waals surface area contributed by atoms with Gasteiger partial charge in [-0.25, -0.2) is 0 Å². The average molecular weight is 297 g/mol. The zero-order valence-corrected chi connectivity index (χ0v) is 12.7. The van der Waals surface area contributed by atoms with E-state index in [0.29, 0.717) is 16.5 Å². The number of nitrogens with one attached hydrogen (secondary N) is 1. The van der Waals surface area contributed by atoms with Gasteiger partial charge in [0.15, 0.2) is 0 Å². The maximum absolute atomic E-state index is 12.3. The quantitative estimate of drug-likeness (QED) is 0.928. The van der Waals surface area contributed by atoms with Gasteiger partial charge in [0.2, 0.25) is 5.91 Å². The number of halogens is 1. The Morgan fingerprint density at radius 2 is 2.05 bits per heavy atom. The van der Waals surface area contributed by atoms with Crippen LogP contribution in [0.1, 0.15) is 26.2 Å². The van der Waals surface area contributed by atoms with E-state index in [-0.39, 0.29) is 11.9 Å². The third-order valence-corrected chi connectivity index (χ3v) is 3.97. The molecule has 1 amide bonds. The highest BCUT2D eigenvalue weighted by Gasteiger charge is 2.23. The van der Waals surface area contributed by atoms with E-state index in [2.05, 4.69) is 10.2 Å². The van der Waals surface area contributed by atoms with Crippen LogP contribution in [-0.4, -0.2) is 37.0 Å². The number of hydrogen-bond acceptors (Lipinski definition) is 3. The number of nitrogens with zero attached hydrogens (tertiary/aromatic N) is 1. The Balaban J connectivity index is 2.05. The highest BCUT2D eigenvalue weighted by molar-refractivity contribution is 6.31. The summed E-state index contributed by atoms with van der Waals surface area (Å²) in [7, 11) is 1.58. The van der Waals surface area contributed by atoms with Gasteiger partial charge in [-0.05, 0) is 51.1 Å². The number of amides is 1. The van der Waals surface area contributed by atoms with Gasteiger partial charge in [0.05, 0.1) is 18.8 Å². The number of benzene rings is 1. The van der Waals surface area contributed by atoms with Crippen LogP contribution < -0.4 is 10.1 Å². The lowest BCUT2D eigenvalue weighted by Crippen LogP contribution is -2.44. The molecule has 1 aliphatic rings. The highest BCUT2D eigenvalue weighted by atomic mass is 35.5. The number of carbonyl (C=O) groups is 1. The zero-order valence-electron chi connectivity index (χ0n) is 12.0. The summed E-state index contributed by atoms with van der Waals surface area (Å²) in [4.78, 5) is 14.6. The van der Waals surface area contributed by atoms with Gasteiger partial charge in [-0.2, -0.15) is 0 Å². The monoisotopic (exact) mass is 296 g/mol. The van der Waals surface area contributed by atoms with Crippen LogP contribution in [-0.2, 0) is 4.79 Å². The van der Waals surface area contributed by atoms with Gasteiger partial charge in [0.1, 0.15) is 5.75 Å². The minimum atomic E-state index is -0.140. The smallest absolute Gasteiger partial charge is 0.241 e. The summed E-state index contributed by atoms with van der Waals surface area (Å²) in [5.74, 6) is 0.598. The van der Waals surface area contributed by atoms with E-state index >= 15 is 0 Å². The number of carbonyl (C=O) groups excluding carboxylic acids is 1. The molecule has 1 aromatic carbocycles. The van der Waals surface area contributed by atoms with Crippen molar-refractivity contribution in [1.29, 1.82) is 0 Å². The van der Waals surface area contributed by atoms with Crippen LogP contribution >= 0.6 is 11.6 Å². The van der Waals surface area contributed by atoms with Gasteiger partial charge in [-0.15, -0.1) is 0 Å². The van der Waals surface area contributed by atoms with Crippen molar-refractivity contribution in [3.8, 4) is 5.75 Å². The molecule has 110 valence electrons. The summed E-state index contributed by atoms with van der Waals surface area (Å²) < 4.78 is 5.24. The molecule has 20 heavy (non-hydrogen) atoms. The minimum absolute atomic E-state index is 0.0209. The molecule has 4 nitrogen and oxygen atoms in total. The number of likely N-dealkylation sites (tertiary alicyclic amines) is 1. The van der Waals surface area contributed by atoms with E-state index in [9.17, 15) is 4.79 Å². The van der Waals surface area contributed by atoms with Gasteiger partial charge in [-0.1, -0.05) is 18.0 Å². The molecule has 2 rings (SSSR count). The van der Waals surface area contributed by atoms with Gasteiger partial charge < -0.3 is 10.1 Å². The molecule has 0 bridgehead atoms. The molecule has 1 atom stereocenters. The first kappa shape index (κ1) is 15.1. The number of hydrogen-bond donors (Lipinski definition) is 1. The number of methoxy groups -OCH3 is 1. The van der Waals surface area contributed by atoms with Crippen LogP contribution in [0.2, 0.25) is 5.02 Å². The average Bonchev–Trinajstić information content (AvgIpc) is 2.47. The second-order valence-corrected chi connectivity index (χ2v) is 5.54. The molecule has 1 heterocycles. The molecule has 1 aliphatic heterocycles. The van der Waals surface area contributed by atoms with Crippen molar-refractivity contribution < 1.29 is 9.53 Å². The molecule has 5 heteroatoms. The summed E-state index contributed by atoms with van der Waals surface area (Å²) in [6.07, 6.45) is 3.59. The third-order valence-electron chi connectivity index (χ3n) is 3.74. The Kier molecular flexibility index (Phi) is 5.26. The Bertz CT molecular complexity index is 473. The number of rotatable bonds is 4. The molecule has 1 aromatic rings. The molecule has 0 aromatic heterocycles. The van der Waals surface area contributed by atoms with Crippen LogP contribution in [0.3, 0.4) is 0 Å².